The van der Waals surface area contributed by atoms with E-state index < -0.39 is 11.8 Å². The van der Waals surface area contributed by atoms with Gasteiger partial charge in [-0.3, -0.25) is 8.71 Å². The molecule has 0 spiro atoms. The largest absolute Gasteiger partial charge is 0.523 e. The van der Waals surface area contributed by atoms with Gasteiger partial charge in [0.05, 0.1) is 0 Å². The summed E-state index contributed by atoms with van der Waals surface area (Å²) in [6.45, 7) is 0. The molecule has 3 nitrogen and oxygen atoms in total. The fourth-order valence-corrected chi connectivity index (χ4v) is 2.19. The minimum absolute atomic E-state index is 0.438. The zero-order valence-corrected chi connectivity index (χ0v) is 9.86. The Kier molecular flexibility index (Phi) is 3.93. The van der Waals surface area contributed by atoms with Gasteiger partial charge in [-0.15, -0.1) is 13.2 Å². The van der Waals surface area contributed by atoms with Crippen LogP contribution < -0.4 is 0 Å². The molecule has 0 aliphatic carbocycles. The van der Waals surface area contributed by atoms with Gasteiger partial charge < -0.3 is 0 Å². The monoisotopic (exact) mass is 274 g/mol. The molecule has 0 amide bonds. The molecule has 1 aromatic heterocycles. The summed E-state index contributed by atoms with van der Waals surface area (Å²) in [4.78, 5) is 3.77. The van der Waals surface area contributed by atoms with Gasteiger partial charge in [0.2, 0.25) is 0 Å². The first kappa shape index (κ1) is 13.0. The van der Waals surface area contributed by atoms with Gasteiger partial charge in [0, 0.05) is 12.4 Å². The predicted octanol–water partition coefficient (Wildman–Crippen LogP) is 3.61. The third-order valence-corrected chi connectivity index (χ3v) is 3.03. The molecular formula is C11H9F3N2OS. The van der Waals surface area contributed by atoms with Gasteiger partial charge >= 0.3 is 6.36 Å². The van der Waals surface area contributed by atoms with Crippen molar-refractivity contribution in [1.29, 1.82) is 0 Å². The van der Waals surface area contributed by atoms with Crippen molar-refractivity contribution in [2.75, 3.05) is 0 Å². The molecule has 0 saturated heterocycles. The van der Waals surface area contributed by atoms with Crippen molar-refractivity contribution in [3.8, 4) is 0 Å². The summed E-state index contributed by atoms with van der Waals surface area (Å²) < 4.78 is 42.7. The fourth-order valence-electron chi connectivity index (χ4n) is 1.30. The minimum Gasteiger partial charge on any atom is -0.278 e. The van der Waals surface area contributed by atoms with Crippen LogP contribution >= 0.6 is 11.9 Å². The normalized spacial score (nSPS) is 13.5. The van der Waals surface area contributed by atoms with E-state index in [4.69, 9.17) is 0 Å². The predicted molar refractivity (Wildman–Crippen MR) is 61.5 cm³/mol. The summed E-state index contributed by atoms with van der Waals surface area (Å²) in [5, 5.41) is 0. The first-order valence-corrected chi connectivity index (χ1v) is 5.83. The lowest BCUT2D eigenvalue weighted by Crippen LogP contribution is -2.17. The van der Waals surface area contributed by atoms with Crippen LogP contribution in [0.15, 0.2) is 49.1 Å². The number of hydrogen-bond donors (Lipinski definition) is 0. The summed E-state index contributed by atoms with van der Waals surface area (Å²) in [5.74, 6) is 0. The maximum absolute atomic E-state index is 12.4. The molecule has 2 rings (SSSR count). The molecular weight excluding hydrogens is 265 g/mol. The van der Waals surface area contributed by atoms with Gasteiger partial charge in [0.25, 0.3) is 0 Å². The van der Waals surface area contributed by atoms with Crippen LogP contribution in [0.4, 0.5) is 13.2 Å². The van der Waals surface area contributed by atoms with Gasteiger partial charge in [-0.1, -0.05) is 30.3 Å². The van der Waals surface area contributed by atoms with E-state index in [1.54, 1.807) is 36.5 Å². The number of rotatable bonds is 4. The molecule has 2 aromatic rings. The van der Waals surface area contributed by atoms with E-state index in [0.717, 1.165) is 11.9 Å². The van der Waals surface area contributed by atoms with Crippen molar-refractivity contribution in [2.45, 2.75) is 11.8 Å². The summed E-state index contributed by atoms with van der Waals surface area (Å²) >= 11 is 0.887. The van der Waals surface area contributed by atoms with Crippen molar-refractivity contribution in [3.63, 3.8) is 0 Å². The molecule has 96 valence electrons. The second-order valence-electron chi connectivity index (χ2n) is 3.33. The number of alkyl halides is 3. The molecule has 7 heteroatoms. The Morgan fingerprint density at radius 1 is 1.22 bits per heavy atom. The quantitative estimate of drug-likeness (QED) is 0.797. The van der Waals surface area contributed by atoms with Crippen LogP contribution in [-0.4, -0.2) is 15.3 Å². The number of hydrogen-bond acceptors (Lipinski definition) is 3. The van der Waals surface area contributed by atoms with Gasteiger partial charge in [-0.05, 0) is 17.5 Å². The highest BCUT2D eigenvalue weighted by Gasteiger charge is 2.35. The fraction of sp³-hybridized carbons (Fsp3) is 0.182. The Labute approximate surface area is 106 Å². The highest BCUT2D eigenvalue weighted by Crippen LogP contribution is 2.36. The van der Waals surface area contributed by atoms with Gasteiger partial charge in [0.15, 0.2) is 5.44 Å². The van der Waals surface area contributed by atoms with Crippen LogP contribution in [0.3, 0.4) is 0 Å². The second kappa shape index (κ2) is 5.45. The lowest BCUT2D eigenvalue weighted by Gasteiger charge is -2.19. The molecule has 0 N–H and O–H groups in total. The molecule has 1 heterocycles. The Hall–Kier alpha value is -1.47. The summed E-state index contributed by atoms with van der Waals surface area (Å²) in [7, 11) is 0. The number of ether oxygens (including phenoxy) is 1. The number of benzene rings is 1. The average molecular weight is 274 g/mol. The van der Waals surface area contributed by atoms with Crippen molar-refractivity contribution in [1.82, 2.24) is 8.96 Å². The van der Waals surface area contributed by atoms with Crippen LogP contribution in [0, 0.1) is 0 Å². The third kappa shape index (κ3) is 3.78. The molecule has 0 fully saturated rings. The molecule has 1 aromatic carbocycles. The van der Waals surface area contributed by atoms with Crippen LogP contribution in [-0.2, 0) is 4.74 Å². The van der Waals surface area contributed by atoms with Gasteiger partial charge in [-0.25, -0.2) is 4.98 Å². The Bertz CT molecular complexity index is 473. The van der Waals surface area contributed by atoms with Gasteiger partial charge in [0.1, 0.15) is 6.33 Å². The average Bonchev–Trinajstić information content (AvgIpc) is 2.80. The van der Waals surface area contributed by atoms with Crippen LogP contribution in [0.5, 0.6) is 0 Å². The van der Waals surface area contributed by atoms with Crippen molar-refractivity contribution < 1.29 is 17.9 Å². The van der Waals surface area contributed by atoms with E-state index in [2.05, 4.69) is 9.72 Å². The zero-order chi connectivity index (χ0) is 13.0. The standard InChI is InChI=1S/C11H9F3N2OS/c12-11(13,14)17-10(9-4-2-1-3-5-9)18-16-7-6-15-8-16/h1-8,10H. The molecule has 1 atom stereocenters. The first-order chi connectivity index (χ1) is 8.54. The summed E-state index contributed by atoms with van der Waals surface area (Å²) in [5.41, 5.74) is -0.728. The van der Waals surface area contributed by atoms with Crippen molar-refractivity contribution in [3.05, 3.63) is 54.6 Å². The van der Waals surface area contributed by atoms with Crippen LogP contribution in [0.1, 0.15) is 11.0 Å². The number of nitrogens with zero attached hydrogens (tertiary/aromatic N) is 2. The number of aromatic nitrogens is 2. The Morgan fingerprint density at radius 3 is 2.50 bits per heavy atom. The van der Waals surface area contributed by atoms with E-state index in [9.17, 15) is 13.2 Å². The Balaban J connectivity index is 2.18. The first-order valence-electron chi connectivity index (χ1n) is 4.99. The summed E-state index contributed by atoms with van der Waals surface area (Å²) in [6.07, 6.45) is -0.225. The van der Waals surface area contributed by atoms with E-state index in [0.29, 0.717) is 5.56 Å². The van der Waals surface area contributed by atoms with Crippen LogP contribution in [0.2, 0.25) is 0 Å². The molecule has 0 aliphatic rings. The zero-order valence-electron chi connectivity index (χ0n) is 9.04. The smallest absolute Gasteiger partial charge is 0.278 e. The summed E-state index contributed by atoms with van der Waals surface area (Å²) in [6, 6.07) is 8.23. The Morgan fingerprint density at radius 2 is 1.94 bits per heavy atom. The highest BCUT2D eigenvalue weighted by molar-refractivity contribution is 7.97. The van der Waals surface area contributed by atoms with Crippen molar-refractivity contribution in [2.24, 2.45) is 0 Å². The van der Waals surface area contributed by atoms with E-state index >= 15 is 0 Å². The van der Waals surface area contributed by atoms with Gasteiger partial charge in [-0.2, -0.15) is 0 Å². The molecule has 0 bridgehead atoms. The van der Waals surface area contributed by atoms with E-state index in [1.807, 2.05) is 0 Å². The number of halogens is 3. The highest BCUT2D eigenvalue weighted by atomic mass is 32.2. The van der Waals surface area contributed by atoms with E-state index in [1.165, 1.54) is 16.5 Å². The van der Waals surface area contributed by atoms with Crippen LogP contribution in [0.25, 0.3) is 0 Å². The lowest BCUT2D eigenvalue weighted by molar-refractivity contribution is -0.332. The SMILES string of the molecule is FC(F)(F)OC(Sn1ccnc1)c1ccccc1. The maximum Gasteiger partial charge on any atom is 0.523 e. The minimum atomic E-state index is -4.69. The molecule has 0 radical (unpaired) electrons. The van der Waals surface area contributed by atoms with E-state index in [-0.39, 0.29) is 0 Å². The number of imidazole rings is 1. The second-order valence-corrected chi connectivity index (χ2v) is 4.39. The molecule has 0 aliphatic heterocycles. The lowest BCUT2D eigenvalue weighted by atomic mass is 10.2. The maximum atomic E-state index is 12.4. The topological polar surface area (TPSA) is 27.1 Å². The van der Waals surface area contributed by atoms with Crippen molar-refractivity contribution >= 4 is 11.9 Å². The molecule has 0 saturated carbocycles. The molecule has 1 unspecified atom stereocenters. The molecule has 18 heavy (non-hydrogen) atoms. The third-order valence-electron chi connectivity index (χ3n) is 2.01.